The van der Waals surface area contributed by atoms with Crippen molar-refractivity contribution in [2.45, 2.75) is 0 Å². The molecule has 0 heterocycles. The van der Waals surface area contributed by atoms with Crippen LogP contribution in [0.25, 0.3) is 0 Å². The Bertz CT molecular complexity index is 879. The highest BCUT2D eigenvalue weighted by Crippen LogP contribution is 2.26. The summed E-state index contributed by atoms with van der Waals surface area (Å²) >= 11 is 0. The number of carbonyl (C=O) groups excluding carboxylic acids is 1. The van der Waals surface area contributed by atoms with E-state index in [1.165, 1.54) is 14.2 Å². The van der Waals surface area contributed by atoms with Gasteiger partial charge >= 0.3 is 0 Å². The quantitative estimate of drug-likeness (QED) is 0.757. The summed E-state index contributed by atoms with van der Waals surface area (Å²) in [6, 6.07) is 11.6. The van der Waals surface area contributed by atoms with E-state index in [4.69, 9.17) is 14.2 Å². The molecule has 1 amide bonds. The molecule has 0 aromatic heterocycles. The summed E-state index contributed by atoms with van der Waals surface area (Å²) in [6.07, 6.45) is 1.15. The third kappa shape index (κ3) is 5.66. The van der Waals surface area contributed by atoms with E-state index in [-0.39, 0.29) is 18.3 Å². The Morgan fingerprint density at radius 2 is 1.81 bits per heavy atom. The van der Waals surface area contributed by atoms with Crippen molar-refractivity contribution >= 4 is 21.4 Å². The second kappa shape index (κ2) is 8.57. The van der Waals surface area contributed by atoms with Crippen LogP contribution in [0.15, 0.2) is 42.5 Å². The van der Waals surface area contributed by atoms with E-state index in [0.717, 1.165) is 6.26 Å². The topological polar surface area (TPSA) is 90.9 Å². The summed E-state index contributed by atoms with van der Waals surface area (Å²) in [6.45, 7) is 0.0442. The van der Waals surface area contributed by atoms with E-state index in [0.29, 0.717) is 28.5 Å². The first kappa shape index (κ1) is 19.6. The maximum atomic E-state index is 12.5. The monoisotopic (exact) mass is 379 g/mol. The number of methoxy groups -OCH3 is 2. The molecule has 0 aliphatic heterocycles. The van der Waals surface area contributed by atoms with Crippen LogP contribution in [0.5, 0.6) is 17.2 Å². The van der Waals surface area contributed by atoms with Gasteiger partial charge in [-0.1, -0.05) is 6.07 Å². The molecular weight excluding hydrogens is 358 g/mol. The van der Waals surface area contributed by atoms with E-state index in [2.05, 4.69) is 5.32 Å². The van der Waals surface area contributed by atoms with Gasteiger partial charge in [-0.2, -0.15) is 0 Å². The van der Waals surface area contributed by atoms with Gasteiger partial charge in [-0.3, -0.25) is 4.79 Å². The van der Waals surface area contributed by atoms with E-state index in [9.17, 15) is 13.2 Å². The molecule has 7 nitrogen and oxygen atoms in total. The Morgan fingerprint density at radius 3 is 2.46 bits per heavy atom. The summed E-state index contributed by atoms with van der Waals surface area (Å²) in [5, 5.41) is 2.76. The number of anilines is 1. The van der Waals surface area contributed by atoms with Crippen molar-refractivity contribution in [2.24, 2.45) is 0 Å². The highest BCUT2D eigenvalue weighted by molar-refractivity contribution is 7.90. The SMILES string of the molecule is COc1ccc(C(=O)Nc2cccc(OCCS(C)(=O)=O)c2)c(OC)c1. The van der Waals surface area contributed by atoms with Crippen molar-refractivity contribution in [1.82, 2.24) is 0 Å². The van der Waals surface area contributed by atoms with Crippen LogP contribution < -0.4 is 19.5 Å². The molecule has 0 atom stereocenters. The fraction of sp³-hybridized carbons (Fsp3) is 0.278. The lowest BCUT2D eigenvalue weighted by molar-refractivity contribution is 0.102. The molecule has 0 radical (unpaired) electrons. The molecule has 0 aliphatic rings. The number of sulfone groups is 1. The zero-order valence-corrected chi connectivity index (χ0v) is 15.6. The standard InChI is InChI=1S/C18H21NO6S/c1-23-14-7-8-16(17(12-14)24-2)18(20)19-13-5-4-6-15(11-13)25-9-10-26(3,21)22/h4-8,11-12H,9-10H2,1-3H3,(H,19,20). The summed E-state index contributed by atoms with van der Waals surface area (Å²) in [5.41, 5.74) is 0.876. The van der Waals surface area contributed by atoms with Crippen LogP contribution in [0.4, 0.5) is 5.69 Å². The van der Waals surface area contributed by atoms with Crippen LogP contribution in [-0.4, -0.2) is 47.2 Å². The maximum Gasteiger partial charge on any atom is 0.259 e. The average Bonchev–Trinajstić information content (AvgIpc) is 2.60. The molecule has 8 heteroatoms. The molecule has 0 bridgehead atoms. The summed E-state index contributed by atoms with van der Waals surface area (Å²) in [4.78, 5) is 12.5. The van der Waals surface area contributed by atoms with Crippen LogP contribution in [0.1, 0.15) is 10.4 Å². The van der Waals surface area contributed by atoms with Gasteiger partial charge in [0.1, 0.15) is 23.9 Å². The van der Waals surface area contributed by atoms with Crippen molar-refractivity contribution in [3.8, 4) is 17.2 Å². The second-order valence-electron chi connectivity index (χ2n) is 5.53. The highest BCUT2D eigenvalue weighted by Gasteiger charge is 2.14. The smallest absolute Gasteiger partial charge is 0.259 e. The van der Waals surface area contributed by atoms with Crippen molar-refractivity contribution < 1.29 is 27.4 Å². The molecule has 0 spiro atoms. The Hall–Kier alpha value is -2.74. The fourth-order valence-corrected chi connectivity index (χ4v) is 2.55. The molecule has 0 saturated carbocycles. The van der Waals surface area contributed by atoms with Gasteiger partial charge in [0, 0.05) is 24.1 Å². The fourth-order valence-electron chi connectivity index (χ4n) is 2.16. The molecule has 2 aromatic rings. The molecule has 26 heavy (non-hydrogen) atoms. The first-order valence-corrected chi connectivity index (χ1v) is 9.82. The molecule has 0 aliphatic carbocycles. The number of amides is 1. The van der Waals surface area contributed by atoms with Gasteiger partial charge in [-0.25, -0.2) is 8.42 Å². The van der Waals surface area contributed by atoms with E-state index < -0.39 is 9.84 Å². The first-order chi connectivity index (χ1) is 12.3. The average molecular weight is 379 g/mol. The van der Waals surface area contributed by atoms with Crippen LogP contribution in [0.3, 0.4) is 0 Å². The molecule has 2 aromatic carbocycles. The van der Waals surface area contributed by atoms with Gasteiger partial charge in [0.15, 0.2) is 9.84 Å². The van der Waals surface area contributed by atoms with Gasteiger partial charge in [0.25, 0.3) is 5.91 Å². The number of ether oxygens (including phenoxy) is 3. The minimum absolute atomic E-state index is 0.0442. The lowest BCUT2D eigenvalue weighted by atomic mass is 10.1. The lowest BCUT2D eigenvalue weighted by Gasteiger charge is -2.12. The molecule has 0 saturated heterocycles. The number of rotatable bonds is 8. The van der Waals surface area contributed by atoms with Gasteiger partial charge in [0.05, 0.1) is 25.5 Å². The van der Waals surface area contributed by atoms with Crippen LogP contribution in [0, 0.1) is 0 Å². The van der Waals surface area contributed by atoms with E-state index >= 15 is 0 Å². The summed E-state index contributed by atoms with van der Waals surface area (Å²) < 4.78 is 38.0. The summed E-state index contributed by atoms with van der Waals surface area (Å²) in [7, 11) is -0.0862. The normalized spacial score (nSPS) is 10.9. The number of nitrogens with one attached hydrogen (secondary N) is 1. The Kier molecular flexibility index (Phi) is 6.46. The van der Waals surface area contributed by atoms with Crippen molar-refractivity contribution in [1.29, 1.82) is 0 Å². The number of hydrogen-bond donors (Lipinski definition) is 1. The number of carbonyl (C=O) groups is 1. The molecular formula is C18H21NO6S. The van der Waals surface area contributed by atoms with E-state index in [1.807, 2.05) is 0 Å². The highest BCUT2D eigenvalue weighted by atomic mass is 32.2. The van der Waals surface area contributed by atoms with Gasteiger partial charge in [-0.15, -0.1) is 0 Å². The number of hydrogen-bond acceptors (Lipinski definition) is 6. The molecule has 1 N–H and O–H groups in total. The Morgan fingerprint density at radius 1 is 1.04 bits per heavy atom. The molecule has 0 unspecified atom stereocenters. The minimum Gasteiger partial charge on any atom is -0.497 e. The van der Waals surface area contributed by atoms with Crippen LogP contribution in [0.2, 0.25) is 0 Å². The van der Waals surface area contributed by atoms with E-state index in [1.54, 1.807) is 42.5 Å². The van der Waals surface area contributed by atoms with Crippen molar-refractivity contribution in [3.63, 3.8) is 0 Å². The minimum atomic E-state index is -3.09. The van der Waals surface area contributed by atoms with Gasteiger partial charge in [0.2, 0.25) is 0 Å². The number of benzene rings is 2. The first-order valence-electron chi connectivity index (χ1n) is 7.76. The third-order valence-corrected chi connectivity index (χ3v) is 4.38. The predicted molar refractivity (Wildman–Crippen MR) is 99.1 cm³/mol. The largest absolute Gasteiger partial charge is 0.497 e. The molecule has 2 rings (SSSR count). The van der Waals surface area contributed by atoms with Crippen LogP contribution in [-0.2, 0) is 9.84 Å². The maximum absolute atomic E-state index is 12.5. The third-order valence-electron chi connectivity index (χ3n) is 3.47. The Balaban J connectivity index is 2.08. The zero-order valence-electron chi connectivity index (χ0n) is 14.8. The van der Waals surface area contributed by atoms with Crippen molar-refractivity contribution in [2.75, 3.05) is 38.2 Å². The van der Waals surface area contributed by atoms with Gasteiger partial charge < -0.3 is 19.5 Å². The predicted octanol–water partition coefficient (Wildman–Crippen LogP) is 2.38. The van der Waals surface area contributed by atoms with Crippen LogP contribution >= 0.6 is 0 Å². The Labute approximate surface area is 152 Å². The lowest BCUT2D eigenvalue weighted by Crippen LogP contribution is -2.14. The second-order valence-corrected chi connectivity index (χ2v) is 7.79. The molecule has 140 valence electrons. The summed E-state index contributed by atoms with van der Waals surface area (Å²) in [5.74, 6) is 1.01. The zero-order chi connectivity index (χ0) is 19.2. The molecule has 0 fully saturated rings. The van der Waals surface area contributed by atoms with Gasteiger partial charge in [-0.05, 0) is 24.3 Å². The van der Waals surface area contributed by atoms with Crippen molar-refractivity contribution in [3.05, 3.63) is 48.0 Å².